The normalized spacial score (nSPS) is 20.8. The number of aliphatic hydroxyl groups is 1. The van der Waals surface area contributed by atoms with E-state index in [1.54, 1.807) is 6.20 Å². The first-order valence-corrected chi connectivity index (χ1v) is 8.64. The maximum Gasteiger partial charge on any atom is 0.225 e. The molecule has 0 bridgehead atoms. The molecule has 1 saturated carbocycles. The molecule has 0 radical (unpaired) electrons. The van der Waals surface area contributed by atoms with Crippen LogP contribution in [-0.2, 0) is 11.2 Å². The zero-order valence-electron chi connectivity index (χ0n) is 13.9. The van der Waals surface area contributed by atoms with E-state index in [9.17, 15) is 9.90 Å². The van der Waals surface area contributed by atoms with E-state index in [1.807, 2.05) is 48.7 Å². The largest absolute Gasteiger partial charge is 0.393 e. The second-order valence-corrected chi connectivity index (χ2v) is 6.72. The zero-order chi connectivity index (χ0) is 17.2. The highest BCUT2D eigenvalue weighted by atomic mass is 16.3. The Morgan fingerprint density at radius 2 is 2.04 bits per heavy atom. The third kappa shape index (κ3) is 3.28. The van der Waals surface area contributed by atoms with E-state index >= 15 is 0 Å². The lowest BCUT2D eigenvalue weighted by molar-refractivity contribution is -0.122. The van der Waals surface area contributed by atoms with Crippen LogP contribution in [0.4, 0.5) is 0 Å². The molecule has 1 amide bonds. The number of amides is 1. The molecule has 128 valence electrons. The summed E-state index contributed by atoms with van der Waals surface area (Å²) < 4.78 is 0. The van der Waals surface area contributed by atoms with Crippen molar-refractivity contribution in [3.05, 3.63) is 66.1 Å². The van der Waals surface area contributed by atoms with Crippen molar-refractivity contribution in [1.29, 1.82) is 0 Å². The SMILES string of the molecule is O=C(Cc1c[nH]c2ccccc12)NC(c1ccccn1)C1CC(O)C1. The molecule has 3 aromatic rings. The number of hydrogen-bond acceptors (Lipinski definition) is 3. The van der Waals surface area contributed by atoms with Gasteiger partial charge in [-0.25, -0.2) is 0 Å². The Hall–Kier alpha value is -2.66. The summed E-state index contributed by atoms with van der Waals surface area (Å²) in [7, 11) is 0. The van der Waals surface area contributed by atoms with Crippen molar-refractivity contribution < 1.29 is 9.90 Å². The molecule has 1 aliphatic rings. The van der Waals surface area contributed by atoms with E-state index in [4.69, 9.17) is 0 Å². The maximum absolute atomic E-state index is 12.6. The van der Waals surface area contributed by atoms with Gasteiger partial charge < -0.3 is 15.4 Å². The van der Waals surface area contributed by atoms with Crippen LogP contribution in [0.5, 0.6) is 0 Å². The van der Waals surface area contributed by atoms with Crippen molar-refractivity contribution >= 4 is 16.8 Å². The third-order valence-electron chi connectivity index (χ3n) is 4.97. The Balaban J connectivity index is 1.50. The number of nitrogens with zero attached hydrogens (tertiary/aromatic N) is 1. The minimum atomic E-state index is -0.262. The first-order chi connectivity index (χ1) is 12.2. The number of fused-ring (bicyclic) bond motifs is 1. The number of carbonyl (C=O) groups is 1. The Kier molecular flexibility index (Phi) is 4.24. The number of aliphatic hydroxyl groups excluding tert-OH is 1. The van der Waals surface area contributed by atoms with Gasteiger partial charge >= 0.3 is 0 Å². The number of para-hydroxylation sites is 1. The maximum atomic E-state index is 12.6. The van der Waals surface area contributed by atoms with E-state index in [2.05, 4.69) is 15.3 Å². The molecule has 2 aromatic heterocycles. The van der Waals surface area contributed by atoms with Gasteiger partial charge in [0.2, 0.25) is 5.91 Å². The number of aromatic amines is 1. The lowest BCUT2D eigenvalue weighted by Crippen LogP contribution is -2.42. The fraction of sp³-hybridized carbons (Fsp3) is 0.300. The summed E-state index contributed by atoms with van der Waals surface area (Å²) >= 11 is 0. The lowest BCUT2D eigenvalue weighted by atomic mass is 9.76. The molecule has 0 spiro atoms. The van der Waals surface area contributed by atoms with Crippen molar-refractivity contribution in [1.82, 2.24) is 15.3 Å². The van der Waals surface area contributed by atoms with Gasteiger partial charge in [0.15, 0.2) is 0 Å². The summed E-state index contributed by atoms with van der Waals surface area (Å²) in [5.41, 5.74) is 2.88. The summed E-state index contributed by atoms with van der Waals surface area (Å²) in [6.45, 7) is 0. The highest BCUT2D eigenvalue weighted by molar-refractivity contribution is 5.89. The number of rotatable bonds is 5. The molecule has 25 heavy (non-hydrogen) atoms. The van der Waals surface area contributed by atoms with Gasteiger partial charge in [-0.2, -0.15) is 0 Å². The first kappa shape index (κ1) is 15.8. The molecule has 1 unspecified atom stereocenters. The lowest BCUT2D eigenvalue weighted by Gasteiger charge is -2.37. The fourth-order valence-electron chi connectivity index (χ4n) is 3.57. The molecule has 3 N–H and O–H groups in total. The number of H-pyrrole nitrogens is 1. The molecule has 1 atom stereocenters. The predicted molar refractivity (Wildman–Crippen MR) is 95.9 cm³/mol. The van der Waals surface area contributed by atoms with Gasteiger partial charge in [0.1, 0.15) is 0 Å². The molecule has 1 aliphatic carbocycles. The quantitative estimate of drug-likeness (QED) is 0.671. The predicted octanol–water partition coefficient (Wildman–Crippen LogP) is 2.73. The number of nitrogens with one attached hydrogen (secondary N) is 2. The third-order valence-corrected chi connectivity index (χ3v) is 4.97. The van der Waals surface area contributed by atoms with Crippen LogP contribution < -0.4 is 5.32 Å². The van der Waals surface area contributed by atoms with Gasteiger partial charge in [-0.05, 0) is 42.5 Å². The molecule has 5 nitrogen and oxygen atoms in total. The second kappa shape index (κ2) is 6.69. The number of aromatic nitrogens is 2. The number of hydrogen-bond donors (Lipinski definition) is 3. The van der Waals surface area contributed by atoms with Crippen LogP contribution in [0.25, 0.3) is 10.9 Å². The van der Waals surface area contributed by atoms with Gasteiger partial charge in [0, 0.05) is 23.3 Å². The summed E-state index contributed by atoms with van der Waals surface area (Å²) in [6, 6.07) is 13.5. The molecule has 5 heteroatoms. The molecule has 2 heterocycles. The van der Waals surface area contributed by atoms with E-state index in [-0.39, 0.29) is 24.0 Å². The summed E-state index contributed by atoms with van der Waals surface area (Å²) in [5, 5.41) is 13.8. The van der Waals surface area contributed by atoms with Crippen LogP contribution in [-0.4, -0.2) is 27.1 Å². The Labute approximate surface area is 146 Å². The van der Waals surface area contributed by atoms with Crippen molar-refractivity contribution in [3.8, 4) is 0 Å². The molecule has 4 rings (SSSR count). The number of pyridine rings is 1. The zero-order valence-corrected chi connectivity index (χ0v) is 13.9. The fourth-order valence-corrected chi connectivity index (χ4v) is 3.57. The molecule has 0 saturated heterocycles. The van der Waals surface area contributed by atoms with Crippen LogP contribution in [0.3, 0.4) is 0 Å². The van der Waals surface area contributed by atoms with Gasteiger partial charge in [-0.3, -0.25) is 9.78 Å². The van der Waals surface area contributed by atoms with Gasteiger partial charge in [0.05, 0.1) is 24.3 Å². The number of carbonyl (C=O) groups excluding carboxylic acids is 1. The van der Waals surface area contributed by atoms with Crippen LogP contribution >= 0.6 is 0 Å². The molecular weight excluding hydrogens is 314 g/mol. The Bertz CT molecular complexity index is 869. The topological polar surface area (TPSA) is 78.0 Å². The molecule has 1 aromatic carbocycles. The molecule has 1 fully saturated rings. The van der Waals surface area contributed by atoms with Crippen molar-refractivity contribution in [2.45, 2.75) is 31.4 Å². The number of benzene rings is 1. The molecule has 0 aliphatic heterocycles. The van der Waals surface area contributed by atoms with Crippen LogP contribution in [0.15, 0.2) is 54.9 Å². The average molecular weight is 335 g/mol. The standard InChI is InChI=1S/C20H21N3O2/c24-15-9-13(10-15)20(18-7-3-4-8-21-18)23-19(25)11-14-12-22-17-6-2-1-5-16(14)17/h1-8,12-13,15,20,22,24H,9-11H2,(H,23,25). The van der Waals surface area contributed by atoms with Crippen LogP contribution in [0, 0.1) is 5.92 Å². The average Bonchev–Trinajstić information content (AvgIpc) is 3.01. The second-order valence-electron chi connectivity index (χ2n) is 6.72. The van der Waals surface area contributed by atoms with E-state index in [0.29, 0.717) is 19.3 Å². The summed E-state index contributed by atoms with van der Waals surface area (Å²) in [6.07, 6.45) is 5.10. The smallest absolute Gasteiger partial charge is 0.225 e. The van der Waals surface area contributed by atoms with Gasteiger partial charge in [-0.15, -0.1) is 0 Å². The van der Waals surface area contributed by atoms with Crippen molar-refractivity contribution in [3.63, 3.8) is 0 Å². The van der Waals surface area contributed by atoms with Crippen molar-refractivity contribution in [2.75, 3.05) is 0 Å². The minimum Gasteiger partial charge on any atom is -0.393 e. The van der Waals surface area contributed by atoms with E-state index < -0.39 is 0 Å². The van der Waals surface area contributed by atoms with Crippen LogP contribution in [0.1, 0.15) is 30.1 Å². The van der Waals surface area contributed by atoms with E-state index in [0.717, 1.165) is 22.2 Å². The Morgan fingerprint density at radius 3 is 2.80 bits per heavy atom. The monoisotopic (exact) mass is 335 g/mol. The van der Waals surface area contributed by atoms with Crippen molar-refractivity contribution in [2.24, 2.45) is 5.92 Å². The highest BCUT2D eigenvalue weighted by Gasteiger charge is 2.36. The summed E-state index contributed by atoms with van der Waals surface area (Å²) in [4.78, 5) is 20.3. The van der Waals surface area contributed by atoms with Gasteiger partial charge in [0.25, 0.3) is 0 Å². The molecular formula is C20H21N3O2. The summed E-state index contributed by atoms with van der Waals surface area (Å²) in [5.74, 6) is 0.207. The van der Waals surface area contributed by atoms with Gasteiger partial charge in [-0.1, -0.05) is 24.3 Å². The van der Waals surface area contributed by atoms with E-state index in [1.165, 1.54) is 0 Å². The van der Waals surface area contributed by atoms with Crippen LogP contribution in [0.2, 0.25) is 0 Å². The first-order valence-electron chi connectivity index (χ1n) is 8.64. The Morgan fingerprint density at radius 1 is 1.24 bits per heavy atom. The minimum absolute atomic E-state index is 0.0261. The highest BCUT2D eigenvalue weighted by Crippen LogP contribution is 2.37.